The second kappa shape index (κ2) is 7.41. The van der Waals surface area contributed by atoms with Crippen molar-refractivity contribution in [1.82, 2.24) is 9.62 Å². The second-order valence-corrected chi connectivity index (χ2v) is 6.80. The molecule has 0 aliphatic carbocycles. The van der Waals surface area contributed by atoms with E-state index in [1.807, 2.05) is 20.8 Å². The van der Waals surface area contributed by atoms with E-state index >= 15 is 0 Å². The van der Waals surface area contributed by atoms with Crippen LogP contribution >= 0.6 is 11.6 Å². The molecule has 4 nitrogen and oxygen atoms in total. The quantitative estimate of drug-likeness (QED) is 0.912. The molecule has 1 atom stereocenters. The predicted octanol–water partition coefficient (Wildman–Crippen LogP) is 2.66. The molecule has 1 saturated heterocycles. The molecule has 1 heterocycles. The van der Waals surface area contributed by atoms with E-state index in [9.17, 15) is 8.42 Å². The van der Waals surface area contributed by atoms with Gasteiger partial charge in [0.1, 0.15) is 0 Å². The van der Waals surface area contributed by atoms with Gasteiger partial charge in [0, 0.05) is 30.7 Å². The van der Waals surface area contributed by atoms with Crippen molar-refractivity contribution in [2.75, 3.05) is 19.6 Å². The van der Waals surface area contributed by atoms with Gasteiger partial charge in [-0.2, -0.15) is 4.31 Å². The number of hydrogen-bond acceptors (Lipinski definition) is 3. The van der Waals surface area contributed by atoms with Gasteiger partial charge in [0.25, 0.3) is 0 Å². The molecule has 20 heavy (non-hydrogen) atoms. The van der Waals surface area contributed by atoms with Crippen molar-refractivity contribution in [2.24, 2.45) is 0 Å². The molecule has 0 aromatic heterocycles. The van der Waals surface area contributed by atoms with Gasteiger partial charge in [0.05, 0.1) is 4.90 Å². The Bertz CT molecular complexity index is 546. The molecular formula is C14H23ClN2O2S. The molecule has 1 aliphatic rings. The highest BCUT2D eigenvalue weighted by Gasteiger charge is 2.32. The number of halogens is 1. The van der Waals surface area contributed by atoms with Gasteiger partial charge in [-0.3, -0.25) is 0 Å². The molecule has 114 valence electrons. The maximum atomic E-state index is 12.6. The number of rotatable bonds is 2. The second-order valence-electron chi connectivity index (χ2n) is 4.53. The Morgan fingerprint density at radius 1 is 1.35 bits per heavy atom. The van der Waals surface area contributed by atoms with E-state index in [2.05, 4.69) is 5.32 Å². The zero-order valence-electron chi connectivity index (χ0n) is 12.5. The number of hydrogen-bond donors (Lipinski definition) is 1. The number of sulfonamides is 1. The summed E-state index contributed by atoms with van der Waals surface area (Å²) in [7, 11) is -3.46. The van der Waals surface area contributed by atoms with Crippen LogP contribution in [0.3, 0.4) is 0 Å². The first-order valence-electron chi connectivity index (χ1n) is 6.92. The number of benzene rings is 1. The average Bonchev–Trinajstić information content (AvgIpc) is 2.44. The van der Waals surface area contributed by atoms with Crippen molar-refractivity contribution in [3.05, 3.63) is 28.8 Å². The molecule has 0 saturated carbocycles. The van der Waals surface area contributed by atoms with Crippen molar-refractivity contribution in [3.63, 3.8) is 0 Å². The highest BCUT2D eigenvalue weighted by molar-refractivity contribution is 7.89. The van der Waals surface area contributed by atoms with Crippen LogP contribution in [0.4, 0.5) is 0 Å². The zero-order chi connectivity index (χ0) is 15.3. The van der Waals surface area contributed by atoms with Crippen LogP contribution < -0.4 is 5.32 Å². The van der Waals surface area contributed by atoms with E-state index < -0.39 is 10.0 Å². The molecule has 2 rings (SSSR count). The number of nitrogens with zero attached hydrogens (tertiary/aromatic N) is 1. The first-order valence-corrected chi connectivity index (χ1v) is 8.74. The van der Waals surface area contributed by atoms with Crippen molar-refractivity contribution in [3.8, 4) is 0 Å². The van der Waals surface area contributed by atoms with Gasteiger partial charge in [-0.1, -0.05) is 31.5 Å². The Kier molecular flexibility index (Phi) is 6.45. The van der Waals surface area contributed by atoms with Crippen molar-refractivity contribution in [2.45, 2.75) is 38.6 Å². The minimum Gasteiger partial charge on any atom is -0.314 e. The molecular weight excluding hydrogens is 296 g/mol. The first-order chi connectivity index (χ1) is 9.44. The van der Waals surface area contributed by atoms with E-state index in [0.717, 1.165) is 0 Å². The van der Waals surface area contributed by atoms with Crippen LogP contribution in [0.2, 0.25) is 5.02 Å². The number of piperazine rings is 1. The Morgan fingerprint density at radius 2 is 2.00 bits per heavy atom. The lowest BCUT2D eigenvalue weighted by atomic mass is 10.2. The van der Waals surface area contributed by atoms with Crippen LogP contribution in [0.25, 0.3) is 0 Å². The van der Waals surface area contributed by atoms with Crippen molar-refractivity contribution in [1.29, 1.82) is 0 Å². The van der Waals surface area contributed by atoms with E-state index in [1.165, 1.54) is 0 Å². The van der Waals surface area contributed by atoms with E-state index in [0.29, 0.717) is 35.1 Å². The predicted molar refractivity (Wildman–Crippen MR) is 83.8 cm³/mol. The van der Waals surface area contributed by atoms with E-state index in [1.54, 1.807) is 29.4 Å². The standard InChI is InChI=1S/C12H17ClN2O2S.C2H6/c1-9-8-14-6-7-15(9)18(16,17)12-5-3-4-11(13)10(12)2;1-2/h3-5,9,14H,6-8H2,1-2H3;1-2H3. The molecule has 1 fully saturated rings. The summed E-state index contributed by atoms with van der Waals surface area (Å²) < 4.78 is 26.8. The van der Waals surface area contributed by atoms with Crippen LogP contribution in [0.5, 0.6) is 0 Å². The monoisotopic (exact) mass is 318 g/mol. The normalized spacial score (nSPS) is 20.1. The Labute approximate surface area is 127 Å². The molecule has 0 spiro atoms. The summed E-state index contributed by atoms with van der Waals surface area (Å²) in [5.41, 5.74) is 0.616. The van der Waals surface area contributed by atoms with Gasteiger partial charge in [-0.15, -0.1) is 0 Å². The summed E-state index contributed by atoms with van der Waals surface area (Å²) in [5.74, 6) is 0. The molecule has 1 aromatic carbocycles. The van der Waals surface area contributed by atoms with Crippen LogP contribution in [-0.4, -0.2) is 38.4 Å². The topological polar surface area (TPSA) is 49.4 Å². The van der Waals surface area contributed by atoms with Crippen LogP contribution in [-0.2, 0) is 10.0 Å². The van der Waals surface area contributed by atoms with Crippen LogP contribution in [0.15, 0.2) is 23.1 Å². The smallest absolute Gasteiger partial charge is 0.243 e. The molecule has 0 radical (unpaired) electrons. The SMILES string of the molecule is CC.Cc1c(Cl)cccc1S(=O)(=O)N1CCNCC1C. The minimum atomic E-state index is -3.46. The lowest BCUT2D eigenvalue weighted by molar-refractivity contribution is 0.283. The fourth-order valence-corrected chi connectivity index (χ4v) is 4.28. The first kappa shape index (κ1) is 17.4. The van der Waals surface area contributed by atoms with Gasteiger partial charge in [-0.25, -0.2) is 8.42 Å². The molecule has 1 aliphatic heterocycles. The van der Waals surface area contributed by atoms with Crippen LogP contribution in [0.1, 0.15) is 26.3 Å². The molecule has 6 heteroatoms. The fraction of sp³-hybridized carbons (Fsp3) is 0.571. The molecule has 1 aromatic rings. The largest absolute Gasteiger partial charge is 0.314 e. The molecule has 0 bridgehead atoms. The summed E-state index contributed by atoms with van der Waals surface area (Å²) in [4.78, 5) is 0.309. The highest BCUT2D eigenvalue weighted by Crippen LogP contribution is 2.26. The molecule has 0 amide bonds. The van der Waals surface area contributed by atoms with E-state index in [-0.39, 0.29) is 6.04 Å². The third-order valence-corrected chi connectivity index (χ3v) is 5.81. The van der Waals surface area contributed by atoms with Crippen LogP contribution in [0, 0.1) is 6.92 Å². The van der Waals surface area contributed by atoms with Gasteiger partial charge in [-0.05, 0) is 31.5 Å². The van der Waals surface area contributed by atoms with Crippen molar-refractivity contribution >= 4 is 21.6 Å². The Morgan fingerprint density at radius 3 is 2.60 bits per heavy atom. The third-order valence-electron chi connectivity index (χ3n) is 3.24. The Hall–Kier alpha value is -0.620. The lowest BCUT2D eigenvalue weighted by Gasteiger charge is -2.33. The number of nitrogens with one attached hydrogen (secondary N) is 1. The summed E-state index contributed by atoms with van der Waals surface area (Å²) in [5, 5.41) is 3.67. The van der Waals surface area contributed by atoms with Gasteiger partial charge < -0.3 is 5.32 Å². The minimum absolute atomic E-state index is 0.0397. The lowest BCUT2D eigenvalue weighted by Crippen LogP contribution is -2.52. The molecule has 1 N–H and O–H groups in total. The third kappa shape index (κ3) is 3.52. The summed E-state index contributed by atoms with van der Waals surface area (Å²) in [6, 6.07) is 4.96. The Balaban J connectivity index is 0.000000956. The summed E-state index contributed by atoms with van der Waals surface area (Å²) in [6.45, 7) is 9.50. The van der Waals surface area contributed by atoms with E-state index in [4.69, 9.17) is 11.6 Å². The van der Waals surface area contributed by atoms with Gasteiger partial charge in [0.15, 0.2) is 0 Å². The van der Waals surface area contributed by atoms with Crippen molar-refractivity contribution < 1.29 is 8.42 Å². The molecule has 1 unspecified atom stereocenters. The summed E-state index contributed by atoms with van der Waals surface area (Å²) >= 11 is 6.00. The highest BCUT2D eigenvalue weighted by atomic mass is 35.5. The van der Waals surface area contributed by atoms with Gasteiger partial charge >= 0.3 is 0 Å². The maximum Gasteiger partial charge on any atom is 0.243 e. The fourth-order valence-electron chi connectivity index (χ4n) is 2.17. The maximum absolute atomic E-state index is 12.6. The van der Waals surface area contributed by atoms with Gasteiger partial charge in [0.2, 0.25) is 10.0 Å². The zero-order valence-corrected chi connectivity index (χ0v) is 14.1. The summed E-state index contributed by atoms with van der Waals surface area (Å²) in [6.07, 6.45) is 0. The average molecular weight is 319 g/mol.